The number of aliphatic imine (C=N–C) groups is 1. The second-order valence-electron chi connectivity index (χ2n) is 7.02. The highest BCUT2D eigenvalue weighted by Gasteiger charge is 2.24. The quantitative estimate of drug-likeness (QED) is 0.200. The van der Waals surface area contributed by atoms with Crippen LogP contribution in [0.5, 0.6) is 5.75 Å². The molecule has 1 atom stereocenters. The van der Waals surface area contributed by atoms with E-state index in [-0.39, 0.29) is 24.0 Å². The Morgan fingerprint density at radius 3 is 2.86 bits per heavy atom. The van der Waals surface area contributed by atoms with E-state index in [2.05, 4.69) is 17.1 Å². The Labute approximate surface area is 197 Å². The maximum absolute atomic E-state index is 5.98. The minimum atomic E-state index is 0. The van der Waals surface area contributed by atoms with Crippen molar-refractivity contribution in [2.45, 2.75) is 26.7 Å². The molecule has 2 rings (SSSR count). The van der Waals surface area contributed by atoms with E-state index in [1.165, 1.54) is 0 Å². The molecule has 166 valence electrons. The van der Waals surface area contributed by atoms with Crippen molar-refractivity contribution in [3.63, 3.8) is 0 Å². The van der Waals surface area contributed by atoms with Crippen molar-refractivity contribution < 1.29 is 14.2 Å². The van der Waals surface area contributed by atoms with Crippen LogP contribution in [0.3, 0.4) is 0 Å². The molecule has 0 aromatic heterocycles. The van der Waals surface area contributed by atoms with E-state index in [0.717, 1.165) is 67.9 Å². The van der Waals surface area contributed by atoms with Crippen LogP contribution in [0.1, 0.15) is 25.3 Å². The predicted octanol–water partition coefficient (Wildman–Crippen LogP) is 3.99. The fraction of sp³-hybridized carbons (Fsp3) is 0.667. The van der Waals surface area contributed by atoms with E-state index >= 15 is 0 Å². The summed E-state index contributed by atoms with van der Waals surface area (Å²) in [5.41, 5.74) is 1.06. The van der Waals surface area contributed by atoms with Crippen LogP contribution in [0.4, 0.5) is 0 Å². The summed E-state index contributed by atoms with van der Waals surface area (Å²) in [5.74, 6) is 2.43. The molecule has 0 bridgehead atoms. The maximum atomic E-state index is 5.98. The van der Waals surface area contributed by atoms with Crippen LogP contribution in [-0.2, 0) is 9.47 Å². The van der Waals surface area contributed by atoms with Crippen molar-refractivity contribution in [1.29, 1.82) is 0 Å². The average molecular weight is 540 g/mol. The lowest BCUT2D eigenvalue weighted by atomic mass is 10.1. The number of methoxy groups -OCH3 is 1. The summed E-state index contributed by atoms with van der Waals surface area (Å²) in [7, 11) is 1.70. The number of hydrogen-bond acceptors (Lipinski definition) is 4. The van der Waals surface area contributed by atoms with E-state index in [9.17, 15) is 0 Å². The third-order valence-electron chi connectivity index (χ3n) is 4.66. The normalized spacial score (nSPS) is 16.6. The van der Waals surface area contributed by atoms with Gasteiger partial charge < -0.3 is 24.4 Å². The molecule has 0 aliphatic carbocycles. The fourth-order valence-corrected chi connectivity index (χ4v) is 3.41. The first-order valence-electron chi connectivity index (χ1n) is 10.1. The minimum Gasteiger partial charge on any atom is -0.493 e. The monoisotopic (exact) mass is 539 g/mol. The van der Waals surface area contributed by atoms with Gasteiger partial charge in [0.05, 0.1) is 26.4 Å². The van der Waals surface area contributed by atoms with Crippen LogP contribution < -0.4 is 10.1 Å². The van der Waals surface area contributed by atoms with Crippen LogP contribution in [0.15, 0.2) is 23.2 Å². The van der Waals surface area contributed by atoms with Gasteiger partial charge in [-0.3, -0.25) is 4.99 Å². The second kappa shape index (κ2) is 15.1. The lowest BCUT2D eigenvalue weighted by Gasteiger charge is -2.21. The number of hydrogen-bond donors (Lipinski definition) is 1. The van der Waals surface area contributed by atoms with Gasteiger partial charge in [0.25, 0.3) is 0 Å². The van der Waals surface area contributed by atoms with Gasteiger partial charge >= 0.3 is 0 Å². The number of likely N-dealkylation sites (tertiary alicyclic amines) is 1. The molecule has 29 heavy (non-hydrogen) atoms. The molecule has 1 aromatic rings. The Balaban J connectivity index is 0.00000420. The highest BCUT2D eigenvalue weighted by atomic mass is 127. The van der Waals surface area contributed by atoms with Gasteiger partial charge in [-0.05, 0) is 44.0 Å². The Morgan fingerprint density at radius 1 is 1.31 bits per heavy atom. The van der Waals surface area contributed by atoms with Crippen molar-refractivity contribution >= 4 is 41.5 Å². The first-order chi connectivity index (χ1) is 13.6. The smallest absolute Gasteiger partial charge is 0.193 e. The summed E-state index contributed by atoms with van der Waals surface area (Å²) in [5, 5.41) is 4.14. The zero-order valence-electron chi connectivity index (χ0n) is 17.8. The van der Waals surface area contributed by atoms with Crippen molar-refractivity contribution in [2.24, 2.45) is 10.9 Å². The van der Waals surface area contributed by atoms with E-state index in [1.54, 1.807) is 7.11 Å². The van der Waals surface area contributed by atoms with Gasteiger partial charge in [-0.1, -0.05) is 11.6 Å². The molecule has 1 aliphatic heterocycles. The molecule has 1 aliphatic rings. The highest BCUT2D eigenvalue weighted by Crippen LogP contribution is 2.22. The van der Waals surface area contributed by atoms with Gasteiger partial charge in [0.15, 0.2) is 5.96 Å². The Kier molecular flexibility index (Phi) is 13.7. The predicted molar refractivity (Wildman–Crippen MR) is 130 cm³/mol. The number of halogens is 2. The van der Waals surface area contributed by atoms with Gasteiger partial charge in [-0.2, -0.15) is 0 Å². The first kappa shape index (κ1) is 26.3. The number of benzene rings is 1. The molecule has 1 aromatic carbocycles. The molecule has 1 N–H and O–H groups in total. The molecule has 0 amide bonds. The van der Waals surface area contributed by atoms with E-state index in [0.29, 0.717) is 25.7 Å². The van der Waals surface area contributed by atoms with Crippen LogP contribution in [0.25, 0.3) is 0 Å². The molecular weight excluding hydrogens is 505 g/mol. The SMILES string of the molecule is CCNC(=NCCCOc1ccc(Cl)cc1C)N1CCC(COCCOC)C1.I. The highest BCUT2D eigenvalue weighted by molar-refractivity contribution is 14.0. The van der Waals surface area contributed by atoms with E-state index < -0.39 is 0 Å². The van der Waals surface area contributed by atoms with Gasteiger partial charge in [0.2, 0.25) is 0 Å². The van der Waals surface area contributed by atoms with Crippen LogP contribution >= 0.6 is 35.6 Å². The van der Waals surface area contributed by atoms with Gasteiger partial charge in [0, 0.05) is 50.7 Å². The number of guanidine groups is 1. The molecular formula is C21H35ClIN3O3. The summed E-state index contributed by atoms with van der Waals surface area (Å²) in [6, 6.07) is 5.69. The van der Waals surface area contributed by atoms with Crippen molar-refractivity contribution in [3.05, 3.63) is 28.8 Å². The number of rotatable bonds is 11. The average Bonchev–Trinajstić information content (AvgIpc) is 3.14. The summed E-state index contributed by atoms with van der Waals surface area (Å²) in [4.78, 5) is 7.11. The van der Waals surface area contributed by atoms with Crippen molar-refractivity contribution in [1.82, 2.24) is 10.2 Å². The van der Waals surface area contributed by atoms with Crippen LogP contribution in [-0.4, -0.2) is 70.6 Å². The zero-order chi connectivity index (χ0) is 20.2. The first-order valence-corrected chi connectivity index (χ1v) is 10.5. The summed E-state index contributed by atoms with van der Waals surface area (Å²) >= 11 is 5.98. The summed E-state index contributed by atoms with van der Waals surface area (Å²) in [6.45, 7) is 10.4. The molecule has 0 radical (unpaired) electrons. The number of nitrogens with one attached hydrogen (secondary N) is 1. The molecule has 0 saturated carbocycles. The largest absolute Gasteiger partial charge is 0.493 e. The van der Waals surface area contributed by atoms with Gasteiger partial charge in [-0.15, -0.1) is 24.0 Å². The summed E-state index contributed by atoms with van der Waals surface area (Å²) < 4.78 is 16.6. The third kappa shape index (κ3) is 9.72. The minimum absolute atomic E-state index is 0. The van der Waals surface area contributed by atoms with Gasteiger partial charge in [0.1, 0.15) is 5.75 Å². The second-order valence-corrected chi connectivity index (χ2v) is 7.45. The van der Waals surface area contributed by atoms with E-state index in [1.807, 2.05) is 25.1 Å². The molecule has 1 unspecified atom stereocenters. The molecule has 1 heterocycles. The van der Waals surface area contributed by atoms with Crippen molar-refractivity contribution in [2.75, 3.05) is 59.7 Å². The standard InChI is InChI=1S/C21H34ClN3O3.HI/c1-4-23-21(25-10-8-18(15-25)16-27-13-12-26-3)24-9-5-11-28-20-7-6-19(22)14-17(20)2;/h6-7,14,18H,4-5,8-13,15-16H2,1-3H3,(H,23,24);1H. The lowest BCUT2D eigenvalue weighted by Crippen LogP contribution is -2.40. The molecule has 0 spiro atoms. The zero-order valence-corrected chi connectivity index (χ0v) is 20.9. The number of aryl methyl sites for hydroxylation is 1. The van der Waals surface area contributed by atoms with Gasteiger partial charge in [-0.25, -0.2) is 0 Å². The number of ether oxygens (including phenoxy) is 3. The molecule has 1 saturated heterocycles. The Bertz CT molecular complexity index is 619. The third-order valence-corrected chi connectivity index (χ3v) is 4.90. The van der Waals surface area contributed by atoms with Crippen LogP contribution in [0, 0.1) is 12.8 Å². The molecule has 6 nitrogen and oxygen atoms in total. The Hall–Kier alpha value is -0.770. The van der Waals surface area contributed by atoms with E-state index in [4.69, 9.17) is 30.8 Å². The fourth-order valence-electron chi connectivity index (χ4n) is 3.19. The van der Waals surface area contributed by atoms with Crippen molar-refractivity contribution in [3.8, 4) is 5.75 Å². The van der Waals surface area contributed by atoms with Crippen LogP contribution in [0.2, 0.25) is 5.02 Å². The lowest BCUT2D eigenvalue weighted by molar-refractivity contribution is 0.0536. The number of nitrogens with zero attached hydrogens (tertiary/aromatic N) is 2. The molecule has 1 fully saturated rings. The Morgan fingerprint density at radius 2 is 2.14 bits per heavy atom. The maximum Gasteiger partial charge on any atom is 0.193 e. The topological polar surface area (TPSA) is 55.3 Å². The molecule has 8 heteroatoms. The summed E-state index contributed by atoms with van der Waals surface area (Å²) in [6.07, 6.45) is 2.00.